The van der Waals surface area contributed by atoms with Gasteiger partial charge < -0.3 is 19.2 Å². The number of pyridine rings is 1. The normalized spacial score (nSPS) is 11.0. The quantitative estimate of drug-likeness (QED) is 0.647. The third-order valence-electron chi connectivity index (χ3n) is 4.34. The van der Waals surface area contributed by atoms with Crippen molar-refractivity contribution >= 4 is 11.9 Å². The number of aromatic nitrogens is 1. The van der Waals surface area contributed by atoms with E-state index >= 15 is 0 Å². The third kappa shape index (κ3) is 6.48. The average Bonchev–Trinajstić information content (AvgIpc) is 2.67. The highest BCUT2D eigenvalue weighted by Gasteiger charge is 2.23. The Labute approximate surface area is 170 Å². The first-order chi connectivity index (χ1) is 13.8. The van der Waals surface area contributed by atoms with Crippen LogP contribution in [0.3, 0.4) is 0 Å². The highest BCUT2D eigenvalue weighted by atomic mass is 16.6. The number of carbonyl (C=O) groups is 2. The Bertz CT molecular complexity index is 901. The molecule has 1 N–H and O–H groups in total. The van der Waals surface area contributed by atoms with Crippen LogP contribution in [-0.2, 0) is 27.3 Å². The van der Waals surface area contributed by atoms with Gasteiger partial charge in [0.15, 0.2) is 5.75 Å². The van der Waals surface area contributed by atoms with E-state index in [1.807, 2.05) is 37.3 Å². The number of aromatic amines is 1. The summed E-state index contributed by atoms with van der Waals surface area (Å²) in [4.78, 5) is 39.7. The van der Waals surface area contributed by atoms with Crippen molar-refractivity contribution in [2.45, 2.75) is 52.7 Å². The lowest BCUT2D eigenvalue weighted by Gasteiger charge is -2.23. The van der Waals surface area contributed by atoms with E-state index in [1.165, 1.54) is 6.07 Å². The first-order valence-corrected chi connectivity index (χ1v) is 9.57. The molecule has 0 fully saturated rings. The molecule has 7 nitrogen and oxygen atoms in total. The maximum absolute atomic E-state index is 12.6. The highest BCUT2D eigenvalue weighted by Crippen LogP contribution is 2.19. The van der Waals surface area contributed by atoms with Gasteiger partial charge in [0, 0.05) is 5.69 Å². The van der Waals surface area contributed by atoms with Crippen molar-refractivity contribution < 1.29 is 23.8 Å². The highest BCUT2D eigenvalue weighted by molar-refractivity contribution is 5.92. The predicted molar refractivity (Wildman–Crippen MR) is 108 cm³/mol. The lowest BCUT2D eigenvalue weighted by Crippen LogP contribution is -2.28. The zero-order chi connectivity index (χ0) is 21.4. The van der Waals surface area contributed by atoms with Crippen LogP contribution >= 0.6 is 0 Å². The minimum Gasteiger partial charge on any atom is -0.482 e. The number of esters is 2. The number of benzene rings is 1. The van der Waals surface area contributed by atoms with E-state index < -0.39 is 23.1 Å². The van der Waals surface area contributed by atoms with Crippen LogP contribution in [0.2, 0.25) is 0 Å². The monoisotopic (exact) mass is 401 g/mol. The van der Waals surface area contributed by atoms with E-state index in [9.17, 15) is 14.4 Å². The van der Waals surface area contributed by atoms with Crippen LogP contribution in [0.25, 0.3) is 0 Å². The molecule has 0 bridgehead atoms. The van der Waals surface area contributed by atoms with Gasteiger partial charge in [0.2, 0.25) is 0 Å². The second kappa shape index (κ2) is 9.91. The van der Waals surface area contributed by atoms with Gasteiger partial charge in [0.25, 0.3) is 5.56 Å². The van der Waals surface area contributed by atoms with Crippen molar-refractivity contribution in [3.05, 3.63) is 63.6 Å². The Balaban J connectivity index is 2.28. The van der Waals surface area contributed by atoms with Crippen LogP contribution in [0.1, 0.15) is 55.7 Å². The van der Waals surface area contributed by atoms with Crippen LogP contribution in [0.4, 0.5) is 0 Å². The molecule has 0 amide bonds. The summed E-state index contributed by atoms with van der Waals surface area (Å²) in [7, 11) is 0. The van der Waals surface area contributed by atoms with Crippen LogP contribution in [0, 0.1) is 0 Å². The summed E-state index contributed by atoms with van der Waals surface area (Å²) in [6, 6.07) is 10.7. The van der Waals surface area contributed by atoms with Crippen LogP contribution < -0.4 is 10.3 Å². The van der Waals surface area contributed by atoms with E-state index in [-0.39, 0.29) is 36.6 Å². The number of hydrogen-bond donors (Lipinski definition) is 1. The van der Waals surface area contributed by atoms with Crippen molar-refractivity contribution in [3.63, 3.8) is 0 Å². The fraction of sp³-hybridized carbons (Fsp3) is 0.409. The Hall–Kier alpha value is -3.09. The maximum Gasteiger partial charge on any atom is 0.342 e. The minimum absolute atomic E-state index is 0.0240. The zero-order valence-corrected chi connectivity index (χ0v) is 17.2. The van der Waals surface area contributed by atoms with Gasteiger partial charge in [-0.05, 0) is 38.8 Å². The molecule has 7 heteroatoms. The molecule has 0 spiro atoms. The van der Waals surface area contributed by atoms with Gasteiger partial charge in [-0.15, -0.1) is 0 Å². The van der Waals surface area contributed by atoms with Gasteiger partial charge in [0.1, 0.15) is 17.8 Å². The van der Waals surface area contributed by atoms with Gasteiger partial charge in [-0.25, -0.2) is 4.79 Å². The smallest absolute Gasteiger partial charge is 0.342 e. The molecule has 0 saturated carbocycles. The van der Waals surface area contributed by atoms with E-state index in [2.05, 4.69) is 4.98 Å². The summed E-state index contributed by atoms with van der Waals surface area (Å²) in [5.41, 5.74) is -0.147. The fourth-order valence-corrected chi connectivity index (χ4v) is 2.50. The summed E-state index contributed by atoms with van der Waals surface area (Å²) in [5, 5.41) is 0. The van der Waals surface area contributed by atoms with Crippen LogP contribution in [0.5, 0.6) is 5.75 Å². The predicted octanol–water partition coefficient (Wildman–Crippen LogP) is 3.40. The summed E-state index contributed by atoms with van der Waals surface area (Å²) in [6.07, 6.45) is 0.472. The van der Waals surface area contributed by atoms with E-state index in [1.54, 1.807) is 20.8 Å². The number of hydrogen-bond acceptors (Lipinski definition) is 6. The molecule has 29 heavy (non-hydrogen) atoms. The Morgan fingerprint density at radius 1 is 1.10 bits per heavy atom. The minimum atomic E-state index is -0.690. The molecule has 1 aromatic heterocycles. The fourth-order valence-electron chi connectivity index (χ4n) is 2.50. The van der Waals surface area contributed by atoms with Crippen LogP contribution in [-0.4, -0.2) is 29.1 Å². The molecule has 0 aliphatic heterocycles. The van der Waals surface area contributed by atoms with Gasteiger partial charge >= 0.3 is 11.9 Å². The number of nitrogens with one attached hydrogen (secondary N) is 1. The molecule has 1 heterocycles. The molecule has 2 rings (SSSR count). The number of rotatable bonds is 9. The average molecular weight is 401 g/mol. The van der Waals surface area contributed by atoms with Crippen molar-refractivity contribution in [1.29, 1.82) is 0 Å². The molecule has 0 atom stereocenters. The van der Waals surface area contributed by atoms with E-state index in [4.69, 9.17) is 14.2 Å². The van der Waals surface area contributed by atoms with Crippen molar-refractivity contribution in [2.75, 3.05) is 6.61 Å². The standard InChI is InChI=1S/C22H27NO6/c1-5-22(3,4)29-18(24)13-16-12-17(21(26)27-6-2)19(20(25)23-16)28-14-15-10-8-7-9-11-15/h7-12H,5-6,13-14H2,1-4H3,(H,23,25). The molecule has 2 aromatic rings. The molecule has 156 valence electrons. The SMILES string of the molecule is CCOC(=O)c1cc(CC(=O)OC(C)(C)CC)[nH]c(=O)c1OCc1ccccc1. The molecule has 1 aromatic carbocycles. The van der Waals surface area contributed by atoms with Gasteiger partial charge in [-0.2, -0.15) is 0 Å². The topological polar surface area (TPSA) is 94.7 Å². The Kier molecular flexibility index (Phi) is 7.59. The summed E-state index contributed by atoms with van der Waals surface area (Å²) < 4.78 is 16.1. The summed E-state index contributed by atoms with van der Waals surface area (Å²) in [6.45, 7) is 7.44. The summed E-state index contributed by atoms with van der Waals surface area (Å²) in [5.74, 6) is -1.33. The second-order valence-electron chi connectivity index (χ2n) is 7.13. The van der Waals surface area contributed by atoms with Gasteiger partial charge in [-0.3, -0.25) is 9.59 Å². The second-order valence-corrected chi connectivity index (χ2v) is 7.13. The molecule has 0 saturated heterocycles. The van der Waals surface area contributed by atoms with Crippen molar-refractivity contribution in [3.8, 4) is 5.75 Å². The van der Waals surface area contributed by atoms with E-state index in [0.717, 1.165) is 5.56 Å². The number of ether oxygens (including phenoxy) is 3. The maximum atomic E-state index is 12.6. The lowest BCUT2D eigenvalue weighted by atomic mass is 10.1. The van der Waals surface area contributed by atoms with E-state index in [0.29, 0.717) is 6.42 Å². The van der Waals surface area contributed by atoms with Crippen molar-refractivity contribution in [2.24, 2.45) is 0 Å². The molecular formula is C22H27NO6. The van der Waals surface area contributed by atoms with Crippen molar-refractivity contribution in [1.82, 2.24) is 4.98 Å². The molecule has 0 radical (unpaired) electrons. The largest absolute Gasteiger partial charge is 0.482 e. The Morgan fingerprint density at radius 3 is 2.41 bits per heavy atom. The first kappa shape index (κ1) is 22.2. The van der Waals surface area contributed by atoms with Gasteiger partial charge in [-0.1, -0.05) is 37.3 Å². The lowest BCUT2D eigenvalue weighted by molar-refractivity contribution is -0.155. The zero-order valence-electron chi connectivity index (χ0n) is 17.2. The molecule has 0 aliphatic carbocycles. The molecule has 0 aliphatic rings. The summed E-state index contributed by atoms with van der Waals surface area (Å²) >= 11 is 0. The molecule has 0 unspecified atom stereocenters. The first-order valence-electron chi connectivity index (χ1n) is 9.57. The number of carbonyl (C=O) groups excluding carboxylic acids is 2. The van der Waals surface area contributed by atoms with Crippen LogP contribution in [0.15, 0.2) is 41.2 Å². The van der Waals surface area contributed by atoms with Gasteiger partial charge in [0.05, 0.1) is 13.0 Å². The third-order valence-corrected chi connectivity index (χ3v) is 4.34. The molecular weight excluding hydrogens is 374 g/mol. The Morgan fingerprint density at radius 2 is 1.79 bits per heavy atom. The number of H-pyrrole nitrogens is 1.